The molecule has 2 aromatic carbocycles. The Morgan fingerprint density at radius 1 is 1.08 bits per heavy atom. The Morgan fingerprint density at radius 2 is 1.88 bits per heavy atom. The number of hydrogen-bond donors (Lipinski definition) is 2. The van der Waals surface area contributed by atoms with Crippen LogP contribution in [0.4, 0.5) is 17.6 Å². The Bertz CT molecular complexity index is 940. The van der Waals surface area contributed by atoms with E-state index in [2.05, 4.69) is 20.3 Å². The molecule has 0 saturated heterocycles. The van der Waals surface area contributed by atoms with Gasteiger partial charge in [-0.25, -0.2) is 0 Å². The third-order valence-corrected chi connectivity index (χ3v) is 3.38. The van der Waals surface area contributed by atoms with Crippen molar-refractivity contribution in [2.75, 3.05) is 18.2 Å². The summed E-state index contributed by atoms with van der Waals surface area (Å²) in [5.41, 5.74) is 7.07. The van der Waals surface area contributed by atoms with Crippen molar-refractivity contribution >= 4 is 17.6 Å². The second kappa shape index (κ2) is 7.81. The highest BCUT2D eigenvalue weighted by molar-refractivity contribution is 5.53. The lowest BCUT2D eigenvalue weighted by atomic mass is 10.2. The first kappa shape index (κ1) is 17.0. The molecule has 0 bridgehead atoms. The fraction of sp³-hybridized carbons (Fsp3) is 0.111. The predicted molar refractivity (Wildman–Crippen MR) is 96.0 cm³/mol. The number of nitrogens with two attached hydrogens (primary N) is 1. The second-order valence-electron chi connectivity index (χ2n) is 5.19. The molecule has 0 amide bonds. The lowest BCUT2D eigenvalue weighted by Crippen LogP contribution is -2.09. The minimum atomic E-state index is 0.0679. The maximum atomic E-state index is 8.94. The van der Waals surface area contributed by atoms with Crippen LogP contribution in [0, 0.1) is 11.3 Å². The van der Waals surface area contributed by atoms with E-state index in [9.17, 15) is 0 Å². The fourth-order valence-electron chi connectivity index (χ4n) is 2.21. The van der Waals surface area contributed by atoms with Gasteiger partial charge in [-0.05, 0) is 24.3 Å². The number of nitrogens with zero attached hydrogens (tertiary/aromatic N) is 4. The summed E-state index contributed by atoms with van der Waals surface area (Å²) in [6, 6.07) is 16.4. The van der Waals surface area contributed by atoms with E-state index >= 15 is 0 Å². The van der Waals surface area contributed by atoms with Gasteiger partial charge in [-0.2, -0.15) is 20.2 Å². The highest BCUT2D eigenvalue weighted by Crippen LogP contribution is 2.28. The number of nitrogen functional groups attached to an aromatic ring is 1. The van der Waals surface area contributed by atoms with Crippen molar-refractivity contribution in [2.24, 2.45) is 0 Å². The highest BCUT2D eigenvalue weighted by atomic mass is 16.5. The van der Waals surface area contributed by atoms with Gasteiger partial charge in [0.25, 0.3) is 0 Å². The third-order valence-electron chi connectivity index (χ3n) is 3.38. The van der Waals surface area contributed by atoms with Crippen LogP contribution in [-0.4, -0.2) is 22.1 Å². The zero-order valence-electron chi connectivity index (χ0n) is 14.0. The highest BCUT2D eigenvalue weighted by Gasteiger charge is 2.09. The predicted octanol–water partition coefficient (Wildman–Crippen LogP) is 2.66. The van der Waals surface area contributed by atoms with Gasteiger partial charge in [0.05, 0.1) is 18.7 Å². The molecule has 3 aromatic rings. The van der Waals surface area contributed by atoms with Gasteiger partial charge in [0, 0.05) is 11.8 Å². The van der Waals surface area contributed by atoms with Gasteiger partial charge >= 0.3 is 0 Å². The number of nitriles is 1. The van der Waals surface area contributed by atoms with E-state index in [0.29, 0.717) is 28.8 Å². The molecule has 8 heteroatoms. The molecule has 1 aromatic heterocycles. The molecule has 0 aliphatic carbocycles. The minimum absolute atomic E-state index is 0.0679. The van der Waals surface area contributed by atoms with E-state index in [1.165, 1.54) is 7.11 Å². The summed E-state index contributed by atoms with van der Waals surface area (Å²) in [6.45, 7) is 0.0679. The quantitative estimate of drug-likeness (QED) is 0.698. The minimum Gasteiger partial charge on any atom is -0.493 e. The molecule has 0 aliphatic rings. The molecular formula is C18H16N6O2. The lowest BCUT2D eigenvalue weighted by molar-refractivity contribution is 0.276. The second-order valence-corrected chi connectivity index (χ2v) is 5.19. The summed E-state index contributed by atoms with van der Waals surface area (Å²) in [5, 5.41) is 12.0. The van der Waals surface area contributed by atoms with Crippen LogP contribution in [0.3, 0.4) is 0 Å². The van der Waals surface area contributed by atoms with E-state index < -0.39 is 0 Å². The Hall–Kier alpha value is -3.86. The summed E-state index contributed by atoms with van der Waals surface area (Å²) in [4.78, 5) is 12.4. The molecule has 0 saturated carbocycles. The van der Waals surface area contributed by atoms with Crippen molar-refractivity contribution in [2.45, 2.75) is 6.61 Å². The summed E-state index contributed by atoms with van der Waals surface area (Å²) in [6.07, 6.45) is 0. The zero-order chi connectivity index (χ0) is 18.4. The van der Waals surface area contributed by atoms with Crippen LogP contribution in [0.2, 0.25) is 0 Å². The fourth-order valence-corrected chi connectivity index (χ4v) is 2.21. The molecule has 8 nitrogen and oxygen atoms in total. The van der Waals surface area contributed by atoms with Gasteiger partial charge in [-0.3, -0.25) is 0 Å². The lowest BCUT2D eigenvalue weighted by Gasteiger charge is -2.11. The van der Waals surface area contributed by atoms with E-state index in [4.69, 9.17) is 20.5 Å². The molecule has 130 valence electrons. The van der Waals surface area contributed by atoms with Gasteiger partial charge in [0.2, 0.25) is 11.9 Å². The number of methoxy groups -OCH3 is 1. The van der Waals surface area contributed by atoms with Crippen LogP contribution in [0.1, 0.15) is 11.4 Å². The summed E-state index contributed by atoms with van der Waals surface area (Å²) < 4.78 is 10.9. The summed E-state index contributed by atoms with van der Waals surface area (Å²) in [7, 11) is 1.51. The first-order valence-electron chi connectivity index (χ1n) is 7.71. The van der Waals surface area contributed by atoms with Gasteiger partial charge in [0.1, 0.15) is 6.61 Å². The molecule has 1 heterocycles. The van der Waals surface area contributed by atoms with Crippen LogP contribution < -0.4 is 20.5 Å². The molecule has 3 N–H and O–H groups in total. The maximum absolute atomic E-state index is 8.94. The number of nitrogens with one attached hydrogen (secondary N) is 1. The van der Waals surface area contributed by atoms with Crippen molar-refractivity contribution in [3.8, 4) is 17.6 Å². The molecule has 0 unspecified atom stereocenters. The van der Waals surface area contributed by atoms with Crippen molar-refractivity contribution in [3.63, 3.8) is 0 Å². The number of hydrogen-bond acceptors (Lipinski definition) is 8. The SMILES string of the molecule is COc1cc(C#N)ccc1OCc1nc(N)nc(Nc2ccccc2)n1. The van der Waals surface area contributed by atoms with Crippen molar-refractivity contribution in [3.05, 3.63) is 59.9 Å². The number of para-hydroxylation sites is 1. The summed E-state index contributed by atoms with van der Waals surface area (Å²) >= 11 is 0. The van der Waals surface area contributed by atoms with Crippen molar-refractivity contribution in [1.29, 1.82) is 5.26 Å². The topological polar surface area (TPSA) is 119 Å². The number of rotatable bonds is 6. The van der Waals surface area contributed by atoms with E-state index in [-0.39, 0.29) is 12.6 Å². The van der Waals surface area contributed by atoms with Gasteiger partial charge in [-0.15, -0.1) is 0 Å². The average molecular weight is 348 g/mol. The Morgan fingerprint density at radius 3 is 2.62 bits per heavy atom. The van der Waals surface area contributed by atoms with Crippen LogP contribution in [0.15, 0.2) is 48.5 Å². The molecule has 0 fully saturated rings. The van der Waals surface area contributed by atoms with Crippen molar-refractivity contribution < 1.29 is 9.47 Å². The van der Waals surface area contributed by atoms with Crippen LogP contribution in [-0.2, 0) is 6.61 Å². The molecule has 0 aliphatic heterocycles. The Labute approximate surface area is 150 Å². The van der Waals surface area contributed by atoms with Crippen molar-refractivity contribution in [1.82, 2.24) is 15.0 Å². The number of aromatic nitrogens is 3. The van der Waals surface area contributed by atoms with Crippen LogP contribution in [0.25, 0.3) is 0 Å². The van der Waals surface area contributed by atoms with Gasteiger partial charge in [-0.1, -0.05) is 18.2 Å². The van der Waals surface area contributed by atoms with Gasteiger partial charge < -0.3 is 20.5 Å². The average Bonchev–Trinajstić information content (AvgIpc) is 2.66. The smallest absolute Gasteiger partial charge is 0.232 e. The van der Waals surface area contributed by atoms with Crippen LogP contribution in [0.5, 0.6) is 11.5 Å². The van der Waals surface area contributed by atoms with Crippen LogP contribution >= 0.6 is 0 Å². The standard InChI is InChI=1S/C18H16N6O2/c1-25-15-9-12(10-19)7-8-14(15)26-11-16-22-17(20)24-18(23-16)21-13-5-3-2-4-6-13/h2-9H,11H2,1H3,(H3,20,21,22,23,24). The summed E-state index contributed by atoms with van der Waals surface area (Å²) in [5.74, 6) is 1.71. The molecule has 0 spiro atoms. The normalized spacial score (nSPS) is 10.0. The van der Waals surface area contributed by atoms with E-state index in [1.54, 1.807) is 18.2 Å². The Kier molecular flexibility index (Phi) is 5.10. The zero-order valence-corrected chi connectivity index (χ0v) is 14.0. The molecule has 26 heavy (non-hydrogen) atoms. The first-order valence-corrected chi connectivity index (χ1v) is 7.71. The first-order chi connectivity index (χ1) is 12.7. The molecule has 0 radical (unpaired) electrons. The Balaban J connectivity index is 1.75. The van der Waals surface area contributed by atoms with E-state index in [0.717, 1.165) is 5.69 Å². The molecular weight excluding hydrogens is 332 g/mol. The number of benzene rings is 2. The molecule has 0 atom stereocenters. The monoisotopic (exact) mass is 348 g/mol. The number of ether oxygens (including phenoxy) is 2. The number of anilines is 3. The van der Waals surface area contributed by atoms with Gasteiger partial charge in [0.15, 0.2) is 17.3 Å². The molecule has 3 rings (SSSR count). The third kappa shape index (κ3) is 4.15. The van der Waals surface area contributed by atoms with E-state index in [1.807, 2.05) is 36.4 Å². The largest absolute Gasteiger partial charge is 0.493 e. The maximum Gasteiger partial charge on any atom is 0.232 e.